The molecular formula is C5H10N4O4. The van der Waals surface area contributed by atoms with E-state index in [1.54, 1.807) is 0 Å². The number of carbonyl (C=O) groups is 1. The van der Waals surface area contributed by atoms with E-state index in [1.165, 1.54) is 0 Å². The van der Waals surface area contributed by atoms with Crippen LogP contribution in [0, 0.1) is 0 Å². The Morgan fingerprint density at radius 1 is 1.77 bits per heavy atom. The van der Waals surface area contributed by atoms with Crippen molar-refractivity contribution in [1.82, 2.24) is 10.2 Å². The Morgan fingerprint density at radius 2 is 2.38 bits per heavy atom. The average Bonchev–Trinajstić information content (AvgIpc) is 2.26. The van der Waals surface area contributed by atoms with Gasteiger partial charge in [0.05, 0.1) is 0 Å². The Kier molecular flexibility index (Phi) is 2.54. The Hall–Kier alpha value is -1.54. The lowest BCUT2D eigenvalue weighted by Gasteiger charge is -2.20. The fourth-order valence-electron chi connectivity index (χ4n) is 0.953. The second kappa shape index (κ2) is 3.46. The van der Waals surface area contributed by atoms with Crippen LogP contribution in [0.15, 0.2) is 4.99 Å². The van der Waals surface area contributed by atoms with Crippen molar-refractivity contribution in [1.29, 1.82) is 0 Å². The number of aliphatic hydroxyl groups is 3. The molecule has 1 heterocycles. The van der Waals surface area contributed by atoms with Crippen molar-refractivity contribution in [2.45, 2.75) is 12.4 Å². The van der Waals surface area contributed by atoms with Crippen LogP contribution in [0.1, 0.15) is 0 Å². The summed E-state index contributed by atoms with van der Waals surface area (Å²) in [5.74, 6) is 0. The van der Waals surface area contributed by atoms with Crippen LogP contribution in [0.25, 0.3) is 0 Å². The molecule has 0 aromatic rings. The Labute approximate surface area is 73.3 Å². The highest BCUT2D eigenvalue weighted by Gasteiger charge is 2.34. The third-order valence-electron chi connectivity index (χ3n) is 1.56. The smallest absolute Gasteiger partial charge is 0.313 e. The zero-order chi connectivity index (χ0) is 10.0. The lowest BCUT2D eigenvalue weighted by Crippen LogP contribution is -2.48. The Morgan fingerprint density at radius 3 is 2.77 bits per heavy atom. The van der Waals surface area contributed by atoms with Gasteiger partial charge in [0.2, 0.25) is 0 Å². The number of urea groups is 1. The van der Waals surface area contributed by atoms with Crippen LogP contribution < -0.4 is 11.1 Å². The molecule has 0 aromatic heterocycles. The number of carbonyl (C=O) groups excluding carboxylic acids is 1. The van der Waals surface area contributed by atoms with E-state index in [1.807, 2.05) is 0 Å². The summed E-state index contributed by atoms with van der Waals surface area (Å²) < 4.78 is 0. The van der Waals surface area contributed by atoms with Crippen LogP contribution in [-0.4, -0.2) is 51.4 Å². The number of primary amides is 1. The van der Waals surface area contributed by atoms with Crippen LogP contribution in [0.3, 0.4) is 0 Å². The maximum absolute atomic E-state index is 10.4. The minimum absolute atomic E-state index is 0.547. The molecule has 1 aliphatic rings. The van der Waals surface area contributed by atoms with Crippen molar-refractivity contribution in [2.75, 3.05) is 6.73 Å². The molecule has 2 unspecified atom stereocenters. The summed E-state index contributed by atoms with van der Waals surface area (Å²) in [6.45, 7) is -0.604. The fraction of sp³-hybridized carbons (Fsp3) is 0.600. The molecule has 0 fully saturated rings. The number of aliphatic imine (C=N–C) groups is 1. The molecule has 0 aliphatic carbocycles. The maximum atomic E-state index is 10.4. The van der Waals surface area contributed by atoms with Gasteiger partial charge in [-0.3, -0.25) is 4.90 Å². The summed E-state index contributed by atoms with van der Waals surface area (Å²) in [4.78, 5) is 14.6. The van der Waals surface area contributed by atoms with Crippen molar-refractivity contribution >= 4 is 12.1 Å². The van der Waals surface area contributed by atoms with E-state index < -0.39 is 31.2 Å². The molecule has 2 amide bonds. The Bertz CT molecular complexity index is 243. The number of nitrogens with two attached hydrogens (primary N) is 1. The van der Waals surface area contributed by atoms with E-state index in [-0.39, 0.29) is 0 Å². The number of rotatable bonds is 2. The molecule has 0 spiro atoms. The van der Waals surface area contributed by atoms with E-state index in [9.17, 15) is 9.90 Å². The molecule has 0 radical (unpaired) electrons. The molecule has 8 heteroatoms. The third kappa shape index (κ3) is 1.79. The maximum Gasteiger partial charge on any atom is 0.313 e. The number of amidine groups is 1. The van der Waals surface area contributed by atoms with E-state index in [0.29, 0.717) is 0 Å². The molecule has 1 rings (SSSR count). The first kappa shape index (κ1) is 9.55. The molecular weight excluding hydrogens is 180 g/mol. The molecule has 0 saturated carbocycles. The highest BCUT2D eigenvalue weighted by Crippen LogP contribution is 2.11. The number of nitrogens with zero attached hydrogens (tertiary/aromatic N) is 2. The summed E-state index contributed by atoms with van der Waals surface area (Å²) in [6.07, 6.45) is -2.36. The van der Waals surface area contributed by atoms with Gasteiger partial charge in [-0.25, -0.2) is 9.79 Å². The third-order valence-corrected chi connectivity index (χ3v) is 1.56. The minimum atomic E-state index is -1.31. The van der Waals surface area contributed by atoms with Crippen molar-refractivity contribution in [3.63, 3.8) is 0 Å². The molecule has 6 N–H and O–H groups in total. The van der Waals surface area contributed by atoms with Crippen molar-refractivity contribution in [3.8, 4) is 0 Å². The highest BCUT2D eigenvalue weighted by atomic mass is 16.4. The molecule has 2 atom stereocenters. The topological polar surface area (TPSA) is 131 Å². The van der Waals surface area contributed by atoms with Gasteiger partial charge in [0, 0.05) is 0 Å². The average molecular weight is 190 g/mol. The molecule has 8 nitrogen and oxygen atoms in total. The molecule has 0 aromatic carbocycles. The van der Waals surface area contributed by atoms with Crippen molar-refractivity contribution < 1.29 is 20.1 Å². The van der Waals surface area contributed by atoms with Crippen LogP contribution in [0.5, 0.6) is 0 Å². The van der Waals surface area contributed by atoms with Gasteiger partial charge in [-0.05, 0) is 0 Å². The second-order valence-corrected chi connectivity index (χ2v) is 2.41. The lowest BCUT2D eigenvalue weighted by molar-refractivity contribution is -0.00936. The van der Waals surface area contributed by atoms with Gasteiger partial charge in [0.1, 0.15) is 6.73 Å². The first-order chi connectivity index (χ1) is 6.06. The van der Waals surface area contributed by atoms with Crippen LogP contribution in [0.4, 0.5) is 4.79 Å². The summed E-state index contributed by atoms with van der Waals surface area (Å²) in [5, 5.41) is 29.0. The van der Waals surface area contributed by atoms with Gasteiger partial charge in [-0.1, -0.05) is 0 Å². The predicted molar refractivity (Wildman–Crippen MR) is 41.5 cm³/mol. The summed E-state index contributed by atoms with van der Waals surface area (Å²) in [5.41, 5.74) is 4.77. The molecule has 1 aliphatic heterocycles. The minimum Gasteiger partial charge on any atom is -0.481 e. The molecule has 0 bridgehead atoms. The van der Waals surface area contributed by atoms with Crippen LogP contribution in [-0.2, 0) is 0 Å². The van der Waals surface area contributed by atoms with Crippen molar-refractivity contribution in [2.24, 2.45) is 10.7 Å². The normalized spacial score (nSPS) is 27.2. The summed E-state index contributed by atoms with van der Waals surface area (Å²) in [7, 11) is 0. The summed E-state index contributed by atoms with van der Waals surface area (Å²) in [6, 6.07) is -1.42. The number of aliphatic hydroxyl groups excluding tert-OH is 3. The van der Waals surface area contributed by atoms with E-state index in [0.717, 1.165) is 4.90 Å². The van der Waals surface area contributed by atoms with Crippen LogP contribution in [0.2, 0.25) is 0 Å². The van der Waals surface area contributed by atoms with E-state index in [2.05, 4.69) is 10.3 Å². The SMILES string of the molecule is NC(=O)NC1N=C(O)N(CO)C1O. The monoisotopic (exact) mass is 190 g/mol. The van der Waals surface area contributed by atoms with E-state index >= 15 is 0 Å². The fourth-order valence-corrected chi connectivity index (χ4v) is 0.953. The quantitative estimate of drug-likeness (QED) is 0.328. The van der Waals surface area contributed by atoms with Gasteiger partial charge >= 0.3 is 6.03 Å². The summed E-state index contributed by atoms with van der Waals surface area (Å²) >= 11 is 0. The lowest BCUT2D eigenvalue weighted by atomic mass is 10.4. The molecule has 74 valence electrons. The van der Waals surface area contributed by atoms with Gasteiger partial charge in [0.15, 0.2) is 12.4 Å². The highest BCUT2D eigenvalue weighted by molar-refractivity contribution is 5.76. The van der Waals surface area contributed by atoms with Gasteiger partial charge in [-0.2, -0.15) is 0 Å². The van der Waals surface area contributed by atoms with Gasteiger partial charge < -0.3 is 26.4 Å². The molecule has 13 heavy (non-hydrogen) atoms. The van der Waals surface area contributed by atoms with E-state index in [4.69, 9.17) is 15.9 Å². The molecule has 0 saturated heterocycles. The first-order valence-corrected chi connectivity index (χ1v) is 3.44. The number of amides is 2. The second-order valence-electron chi connectivity index (χ2n) is 2.41. The number of hydrogen-bond acceptors (Lipinski definition) is 5. The van der Waals surface area contributed by atoms with Crippen LogP contribution >= 0.6 is 0 Å². The van der Waals surface area contributed by atoms with Gasteiger partial charge in [0.25, 0.3) is 6.02 Å². The zero-order valence-corrected chi connectivity index (χ0v) is 6.58. The number of hydrogen-bond donors (Lipinski definition) is 5. The zero-order valence-electron chi connectivity index (χ0n) is 6.58. The van der Waals surface area contributed by atoms with Crippen molar-refractivity contribution in [3.05, 3.63) is 0 Å². The Balaban J connectivity index is 2.65. The predicted octanol–water partition coefficient (Wildman–Crippen LogP) is -2.52. The largest absolute Gasteiger partial charge is 0.481 e. The standard InChI is InChI=1S/C5H10N4O4/c6-4(12)7-2-3(11)9(1-10)5(13)8-2/h2-3,10-11H,1H2,(H,8,13)(H3,6,7,12). The number of nitrogens with one attached hydrogen (secondary N) is 1. The first-order valence-electron chi connectivity index (χ1n) is 3.44. The van der Waals surface area contributed by atoms with Gasteiger partial charge in [-0.15, -0.1) is 0 Å².